The Morgan fingerprint density at radius 1 is 1.85 bits per heavy atom. The smallest absolute Gasteiger partial charge is 0.238 e. The maximum atomic E-state index is 11.3. The largest absolute Gasteiger partial charge is 0.301 e. The molecule has 1 rings (SSSR count). The number of carbonyl (C=O) groups is 1. The zero-order valence-electron chi connectivity index (χ0n) is 7.57. The highest BCUT2D eigenvalue weighted by Gasteiger charge is 2.12. The molecule has 1 atom stereocenters. The highest BCUT2D eigenvalue weighted by atomic mass is 32.1. The minimum atomic E-state index is -0.246. The Balaban J connectivity index is 2.54. The first-order valence-corrected chi connectivity index (χ1v) is 5.44. The number of anilines is 1. The van der Waals surface area contributed by atoms with Crippen LogP contribution in [0.5, 0.6) is 0 Å². The third kappa shape index (κ3) is 3.00. The highest BCUT2D eigenvalue weighted by Crippen LogP contribution is 2.15. The molecule has 0 fully saturated rings. The van der Waals surface area contributed by atoms with Gasteiger partial charge in [-0.2, -0.15) is 12.6 Å². The molecule has 1 amide bonds. The van der Waals surface area contributed by atoms with E-state index in [4.69, 9.17) is 0 Å². The topological polar surface area (TPSA) is 42.0 Å². The Morgan fingerprint density at radius 2 is 2.54 bits per heavy atom. The molecule has 0 aliphatic carbocycles. The first-order valence-electron chi connectivity index (χ1n) is 4.04. The van der Waals surface area contributed by atoms with E-state index in [9.17, 15) is 4.79 Å². The van der Waals surface area contributed by atoms with E-state index in [2.05, 4.69) is 22.9 Å². The summed E-state index contributed by atoms with van der Waals surface area (Å²) in [6.45, 7) is 3.81. The van der Waals surface area contributed by atoms with Gasteiger partial charge in [-0.25, -0.2) is 4.98 Å². The van der Waals surface area contributed by atoms with Crippen LogP contribution in [-0.4, -0.2) is 16.1 Å². The molecule has 0 aliphatic heterocycles. The predicted molar refractivity (Wildman–Crippen MR) is 58.5 cm³/mol. The summed E-state index contributed by atoms with van der Waals surface area (Å²) >= 11 is 5.56. The third-order valence-electron chi connectivity index (χ3n) is 1.54. The average Bonchev–Trinajstić information content (AvgIpc) is 2.49. The second-order valence-corrected chi connectivity index (χ2v) is 4.19. The van der Waals surface area contributed by atoms with Crippen LogP contribution in [-0.2, 0) is 4.79 Å². The van der Waals surface area contributed by atoms with Crippen molar-refractivity contribution in [1.29, 1.82) is 0 Å². The minimum Gasteiger partial charge on any atom is -0.301 e. The Kier molecular flexibility index (Phi) is 3.74. The van der Waals surface area contributed by atoms with E-state index in [-0.39, 0.29) is 11.2 Å². The second kappa shape index (κ2) is 4.62. The molecule has 5 heteroatoms. The van der Waals surface area contributed by atoms with E-state index < -0.39 is 0 Å². The number of amides is 1. The summed E-state index contributed by atoms with van der Waals surface area (Å²) in [5.74, 6) is -0.0832. The number of nitrogens with one attached hydrogen (secondary N) is 1. The zero-order valence-corrected chi connectivity index (χ0v) is 9.28. The molecule has 3 nitrogen and oxygen atoms in total. The van der Waals surface area contributed by atoms with Crippen molar-refractivity contribution in [3.63, 3.8) is 0 Å². The minimum absolute atomic E-state index is 0.0832. The van der Waals surface area contributed by atoms with Gasteiger partial charge in [-0.05, 0) is 13.3 Å². The van der Waals surface area contributed by atoms with Gasteiger partial charge in [0.05, 0.1) is 10.9 Å². The summed E-state index contributed by atoms with van der Waals surface area (Å²) in [6, 6.07) is 0. The normalized spacial score (nSPS) is 12.5. The first kappa shape index (κ1) is 10.5. The fraction of sp³-hybridized carbons (Fsp3) is 0.500. The zero-order chi connectivity index (χ0) is 9.84. The highest BCUT2D eigenvalue weighted by molar-refractivity contribution is 7.81. The van der Waals surface area contributed by atoms with Crippen LogP contribution in [0.1, 0.15) is 19.0 Å². The summed E-state index contributed by atoms with van der Waals surface area (Å²) in [4.78, 5) is 15.5. The fourth-order valence-electron chi connectivity index (χ4n) is 0.785. The molecule has 0 radical (unpaired) electrons. The lowest BCUT2D eigenvalue weighted by Crippen LogP contribution is -2.22. The molecule has 0 bridgehead atoms. The van der Waals surface area contributed by atoms with Crippen LogP contribution >= 0.6 is 24.0 Å². The SMILES string of the molecule is CCC(S)C(=O)Nc1nc(C)cs1. The molecule has 1 aromatic rings. The van der Waals surface area contributed by atoms with Crippen LogP contribution in [0.3, 0.4) is 0 Å². The first-order chi connectivity index (χ1) is 6.13. The lowest BCUT2D eigenvalue weighted by molar-refractivity contribution is -0.115. The Hall–Kier alpha value is -0.550. The van der Waals surface area contributed by atoms with Gasteiger partial charge in [0.15, 0.2) is 5.13 Å². The van der Waals surface area contributed by atoms with E-state index in [0.717, 1.165) is 12.1 Å². The van der Waals surface area contributed by atoms with Gasteiger partial charge in [0.1, 0.15) is 0 Å². The number of carbonyl (C=O) groups excluding carboxylic acids is 1. The summed E-state index contributed by atoms with van der Waals surface area (Å²) in [6.07, 6.45) is 0.722. The summed E-state index contributed by atoms with van der Waals surface area (Å²) in [5.41, 5.74) is 0.924. The number of rotatable bonds is 3. The maximum absolute atomic E-state index is 11.3. The molecule has 0 spiro atoms. The molecule has 0 aromatic carbocycles. The van der Waals surface area contributed by atoms with E-state index in [1.807, 2.05) is 19.2 Å². The van der Waals surface area contributed by atoms with Crippen LogP contribution in [0, 0.1) is 6.92 Å². The molecule has 1 aromatic heterocycles. The Bertz CT molecular complexity index is 298. The number of thiol groups is 1. The van der Waals surface area contributed by atoms with Gasteiger partial charge in [0, 0.05) is 5.38 Å². The van der Waals surface area contributed by atoms with Crippen LogP contribution < -0.4 is 5.32 Å². The van der Waals surface area contributed by atoms with Crippen molar-refractivity contribution in [1.82, 2.24) is 4.98 Å². The Morgan fingerprint density at radius 3 is 3.00 bits per heavy atom. The number of thiazole rings is 1. The molecule has 72 valence electrons. The molecule has 1 unspecified atom stereocenters. The number of hydrogen-bond donors (Lipinski definition) is 2. The van der Waals surface area contributed by atoms with Crippen molar-refractivity contribution in [3.05, 3.63) is 11.1 Å². The van der Waals surface area contributed by atoms with Gasteiger partial charge in [0.25, 0.3) is 0 Å². The molecular weight excluding hydrogens is 204 g/mol. The van der Waals surface area contributed by atoms with Gasteiger partial charge >= 0.3 is 0 Å². The molecule has 0 aliphatic rings. The number of aromatic nitrogens is 1. The van der Waals surface area contributed by atoms with Gasteiger partial charge in [-0.3, -0.25) is 4.79 Å². The van der Waals surface area contributed by atoms with Crippen molar-refractivity contribution < 1.29 is 4.79 Å². The van der Waals surface area contributed by atoms with E-state index in [1.54, 1.807) is 0 Å². The Labute approximate surface area is 87.0 Å². The lowest BCUT2D eigenvalue weighted by Gasteiger charge is -2.05. The van der Waals surface area contributed by atoms with Gasteiger partial charge in [-0.1, -0.05) is 6.92 Å². The van der Waals surface area contributed by atoms with Crippen molar-refractivity contribution in [2.75, 3.05) is 5.32 Å². The van der Waals surface area contributed by atoms with Crippen LogP contribution in [0.2, 0.25) is 0 Å². The lowest BCUT2D eigenvalue weighted by atomic mass is 10.3. The number of aryl methyl sites for hydroxylation is 1. The van der Waals surface area contributed by atoms with Gasteiger partial charge in [-0.15, -0.1) is 11.3 Å². The van der Waals surface area contributed by atoms with E-state index in [0.29, 0.717) is 5.13 Å². The van der Waals surface area contributed by atoms with Crippen molar-refractivity contribution >= 4 is 35.0 Å². The maximum Gasteiger partial charge on any atom is 0.238 e. The van der Waals surface area contributed by atoms with Crippen molar-refractivity contribution in [2.45, 2.75) is 25.5 Å². The molecular formula is C8H12N2OS2. The standard InChI is InChI=1S/C8H12N2OS2/c1-3-6(12)7(11)10-8-9-5(2)4-13-8/h4,6,12H,3H2,1-2H3,(H,9,10,11). The summed E-state index contributed by atoms with van der Waals surface area (Å²) in [5, 5.41) is 5.01. The third-order valence-corrected chi connectivity index (χ3v) is 3.01. The van der Waals surface area contributed by atoms with E-state index >= 15 is 0 Å². The van der Waals surface area contributed by atoms with Crippen LogP contribution in [0.4, 0.5) is 5.13 Å². The monoisotopic (exact) mass is 216 g/mol. The van der Waals surface area contributed by atoms with Crippen molar-refractivity contribution in [3.8, 4) is 0 Å². The van der Waals surface area contributed by atoms with Crippen LogP contribution in [0.15, 0.2) is 5.38 Å². The average molecular weight is 216 g/mol. The van der Waals surface area contributed by atoms with Crippen LogP contribution in [0.25, 0.3) is 0 Å². The molecule has 1 N–H and O–H groups in total. The summed E-state index contributed by atoms with van der Waals surface area (Å²) < 4.78 is 0. The number of hydrogen-bond acceptors (Lipinski definition) is 4. The second-order valence-electron chi connectivity index (χ2n) is 2.71. The van der Waals surface area contributed by atoms with Gasteiger partial charge in [0.2, 0.25) is 5.91 Å². The summed E-state index contributed by atoms with van der Waals surface area (Å²) in [7, 11) is 0. The predicted octanol–water partition coefficient (Wildman–Crippen LogP) is 2.10. The molecule has 0 saturated heterocycles. The molecule has 1 heterocycles. The fourth-order valence-corrected chi connectivity index (χ4v) is 1.54. The van der Waals surface area contributed by atoms with Crippen molar-refractivity contribution in [2.24, 2.45) is 0 Å². The molecule has 0 saturated carbocycles. The number of nitrogens with zero attached hydrogens (tertiary/aromatic N) is 1. The van der Waals surface area contributed by atoms with Gasteiger partial charge < -0.3 is 5.32 Å². The van der Waals surface area contributed by atoms with E-state index in [1.165, 1.54) is 11.3 Å². The molecule has 13 heavy (non-hydrogen) atoms. The quantitative estimate of drug-likeness (QED) is 0.760.